The summed E-state index contributed by atoms with van der Waals surface area (Å²) in [4.78, 5) is 4.70. The van der Waals surface area contributed by atoms with E-state index in [-0.39, 0.29) is 0 Å². The van der Waals surface area contributed by atoms with Crippen LogP contribution in [0.3, 0.4) is 0 Å². The van der Waals surface area contributed by atoms with Crippen LogP contribution in [0.1, 0.15) is 50.1 Å². The van der Waals surface area contributed by atoms with Crippen LogP contribution in [0.25, 0.3) is 0 Å². The Kier molecular flexibility index (Phi) is 3.63. The first-order chi connectivity index (χ1) is 8.93. The van der Waals surface area contributed by atoms with Crippen LogP contribution in [0.4, 0.5) is 0 Å². The molecule has 1 aliphatic heterocycles. The third-order valence-corrected chi connectivity index (χ3v) is 3.95. The standard InChI is InChI=1S/C16H22N2/c1-3-7-13(8-4-1)16(14-10-11-14)18-15-9-5-2-6-12-17-15/h1,3-4,7-8,14,16H,2,5-6,9-12H2,(H,17,18). The Balaban J connectivity index is 1.72. The Morgan fingerprint density at radius 2 is 1.89 bits per heavy atom. The number of hydrogen-bond donors (Lipinski definition) is 1. The zero-order chi connectivity index (χ0) is 12.2. The van der Waals surface area contributed by atoms with Gasteiger partial charge in [-0.2, -0.15) is 0 Å². The quantitative estimate of drug-likeness (QED) is 0.858. The first kappa shape index (κ1) is 11.8. The van der Waals surface area contributed by atoms with Gasteiger partial charge in [-0.15, -0.1) is 0 Å². The van der Waals surface area contributed by atoms with Gasteiger partial charge in [0.05, 0.1) is 11.9 Å². The first-order valence-corrected chi connectivity index (χ1v) is 7.28. The van der Waals surface area contributed by atoms with Gasteiger partial charge in [0.2, 0.25) is 0 Å². The smallest absolute Gasteiger partial charge is 0.0967 e. The van der Waals surface area contributed by atoms with E-state index < -0.39 is 0 Å². The molecule has 18 heavy (non-hydrogen) atoms. The van der Waals surface area contributed by atoms with Gasteiger partial charge in [-0.25, -0.2) is 0 Å². The van der Waals surface area contributed by atoms with E-state index >= 15 is 0 Å². The number of hydrogen-bond acceptors (Lipinski definition) is 2. The van der Waals surface area contributed by atoms with Crippen LogP contribution < -0.4 is 5.32 Å². The predicted molar refractivity (Wildman–Crippen MR) is 75.8 cm³/mol. The highest BCUT2D eigenvalue weighted by Crippen LogP contribution is 2.41. The van der Waals surface area contributed by atoms with Crippen molar-refractivity contribution in [2.75, 3.05) is 6.54 Å². The average molecular weight is 242 g/mol. The Labute approximate surface area is 110 Å². The minimum Gasteiger partial charge on any atom is -0.367 e. The van der Waals surface area contributed by atoms with E-state index in [1.54, 1.807) is 0 Å². The fourth-order valence-corrected chi connectivity index (χ4v) is 2.73. The molecule has 2 heteroatoms. The average Bonchev–Trinajstić information content (AvgIpc) is 3.24. The molecule has 1 atom stereocenters. The minimum absolute atomic E-state index is 0.489. The van der Waals surface area contributed by atoms with Crippen molar-refractivity contribution in [2.45, 2.75) is 44.6 Å². The molecule has 1 aliphatic carbocycles. The number of benzene rings is 1. The maximum Gasteiger partial charge on any atom is 0.0967 e. The van der Waals surface area contributed by atoms with Gasteiger partial charge in [0.25, 0.3) is 0 Å². The van der Waals surface area contributed by atoms with Crippen LogP contribution in [0.5, 0.6) is 0 Å². The number of nitrogens with zero attached hydrogens (tertiary/aromatic N) is 1. The van der Waals surface area contributed by atoms with E-state index in [4.69, 9.17) is 4.99 Å². The zero-order valence-electron chi connectivity index (χ0n) is 10.9. The molecule has 0 aromatic heterocycles. The number of nitrogens with one attached hydrogen (secondary N) is 1. The summed E-state index contributed by atoms with van der Waals surface area (Å²) in [5.74, 6) is 2.06. The highest BCUT2D eigenvalue weighted by Gasteiger charge is 2.32. The van der Waals surface area contributed by atoms with Gasteiger partial charge in [0.1, 0.15) is 0 Å². The summed E-state index contributed by atoms with van der Waals surface area (Å²) in [6, 6.07) is 11.3. The molecule has 2 aliphatic rings. The lowest BCUT2D eigenvalue weighted by atomic mass is 10.0. The number of aliphatic imine (C=N–C) groups is 1. The van der Waals surface area contributed by atoms with Crippen molar-refractivity contribution in [3.63, 3.8) is 0 Å². The van der Waals surface area contributed by atoms with E-state index in [1.807, 2.05) is 0 Å². The summed E-state index contributed by atoms with van der Waals surface area (Å²) in [5.41, 5.74) is 1.42. The SMILES string of the molecule is c1ccc(C(NC2=NCCCCC2)C2CC2)cc1. The molecule has 0 amide bonds. The Morgan fingerprint density at radius 1 is 1.06 bits per heavy atom. The van der Waals surface area contributed by atoms with Crippen LogP contribution in [0, 0.1) is 5.92 Å². The normalized spacial score (nSPS) is 21.9. The van der Waals surface area contributed by atoms with Crippen molar-refractivity contribution in [1.82, 2.24) is 5.32 Å². The van der Waals surface area contributed by atoms with Gasteiger partial charge in [-0.05, 0) is 37.2 Å². The van der Waals surface area contributed by atoms with Crippen LogP contribution in [0.2, 0.25) is 0 Å². The summed E-state index contributed by atoms with van der Waals surface area (Å²) in [7, 11) is 0. The molecule has 1 aromatic rings. The molecule has 2 nitrogen and oxygen atoms in total. The highest BCUT2D eigenvalue weighted by atomic mass is 15.0. The van der Waals surface area contributed by atoms with Crippen LogP contribution in [-0.2, 0) is 0 Å². The van der Waals surface area contributed by atoms with Crippen molar-refractivity contribution in [2.24, 2.45) is 10.9 Å². The molecule has 1 fully saturated rings. The molecular weight excluding hydrogens is 220 g/mol. The Hall–Kier alpha value is -1.31. The summed E-state index contributed by atoms with van der Waals surface area (Å²) >= 11 is 0. The van der Waals surface area contributed by atoms with E-state index in [9.17, 15) is 0 Å². The monoisotopic (exact) mass is 242 g/mol. The van der Waals surface area contributed by atoms with Crippen molar-refractivity contribution in [3.05, 3.63) is 35.9 Å². The van der Waals surface area contributed by atoms with Gasteiger partial charge in [-0.1, -0.05) is 36.8 Å². The summed E-state index contributed by atoms with van der Waals surface area (Å²) < 4.78 is 0. The molecule has 1 heterocycles. The molecule has 0 spiro atoms. The van der Waals surface area contributed by atoms with Crippen LogP contribution >= 0.6 is 0 Å². The van der Waals surface area contributed by atoms with Gasteiger partial charge >= 0.3 is 0 Å². The molecule has 96 valence electrons. The lowest BCUT2D eigenvalue weighted by molar-refractivity contribution is 0.563. The fraction of sp³-hybridized carbons (Fsp3) is 0.562. The van der Waals surface area contributed by atoms with Crippen LogP contribution in [0.15, 0.2) is 35.3 Å². The second-order valence-electron chi connectivity index (χ2n) is 5.51. The maximum atomic E-state index is 4.70. The highest BCUT2D eigenvalue weighted by molar-refractivity contribution is 5.82. The van der Waals surface area contributed by atoms with Gasteiger partial charge < -0.3 is 5.32 Å². The second kappa shape index (κ2) is 5.55. The molecule has 1 saturated carbocycles. The first-order valence-electron chi connectivity index (χ1n) is 7.28. The lowest BCUT2D eigenvalue weighted by Crippen LogP contribution is -2.29. The van der Waals surface area contributed by atoms with E-state index in [1.165, 1.54) is 43.5 Å². The fourth-order valence-electron chi connectivity index (χ4n) is 2.73. The molecule has 0 saturated heterocycles. The van der Waals surface area contributed by atoms with E-state index in [0.29, 0.717) is 6.04 Å². The summed E-state index contributed by atoms with van der Waals surface area (Å²) in [5, 5.41) is 3.72. The molecule has 1 aromatic carbocycles. The molecule has 1 unspecified atom stereocenters. The molecular formula is C16H22N2. The number of amidine groups is 1. The summed E-state index contributed by atoms with van der Waals surface area (Å²) in [6.07, 6.45) is 7.73. The van der Waals surface area contributed by atoms with Gasteiger partial charge in [0, 0.05) is 13.0 Å². The maximum absolute atomic E-state index is 4.70. The van der Waals surface area contributed by atoms with Crippen molar-refractivity contribution >= 4 is 5.84 Å². The third-order valence-electron chi connectivity index (χ3n) is 3.95. The second-order valence-corrected chi connectivity index (χ2v) is 5.51. The Morgan fingerprint density at radius 3 is 2.67 bits per heavy atom. The van der Waals surface area contributed by atoms with Crippen LogP contribution in [-0.4, -0.2) is 12.4 Å². The van der Waals surface area contributed by atoms with Gasteiger partial charge in [-0.3, -0.25) is 4.99 Å². The van der Waals surface area contributed by atoms with Crippen molar-refractivity contribution < 1.29 is 0 Å². The minimum atomic E-state index is 0.489. The topological polar surface area (TPSA) is 24.4 Å². The lowest BCUT2D eigenvalue weighted by Gasteiger charge is -2.21. The van der Waals surface area contributed by atoms with Gasteiger partial charge in [0.15, 0.2) is 0 Å². The molecule has 0 radical (unpaired) electrons. The Bertz CT molecular complexity index is 406. The third kappa shape index (κ3) is 2.92. The van der Waals surface area contributed by atoms with Crippen molar-refractivity contribution in [1.29, 1.82) is 0 Å². The zero-order valence-corrected chi connectivity index (χ0v) is 10.9. The molecule has 1 N–H and O–H groups in total. The number of rotatable bonds is 3. The van der Waals surface area contributed by atoms with E-state index in [2.05, 4.69) is 35.6 Å². The molecule has 3 rings (SSSR count). The summed E-state index contributed by atoms with van der Waals surface area (Å²) in [6.45, 7) is 1.01. The van der Waals surface area contributed by atoms with E-state index in [0.717, 1.165) is 18.9 Å². The largest absolute Gasteiger partial charge is 0.367 e. The molecule has 0 bridgehead atoms. The van der Waals surface area contributed by atoms with Crippen molar-refractivity contribution in [3.8, 4) is 0 Å². The predicted octanol–water partition coefficient (Wildman–Crippen LogP) is 3.70.